The molecule has 0 radical (unpaired) electrons. The lowest BCUT2D eigenvalue weighted by atomic mass is 10.0. The number of ether oxygens (including phenoxy) is 3. The molecule has 5 aromatic carbocycles. The van der Waals surface area contributed by atoms with E-state index in [9.17, 15) is 19.2 Å². The molecule has 0 atom stereocenters. The molecule has 3 N–H and O–H groups in total. The van der Waals surface area contributed by atoms with Gasteiger partial charge in [-0.2, -0.15) is 0 Å². The van der Waals surface area contributed by atoms with E-state index in [2.05, 4.69) is 20.5 Å². The second-order valence-electron chi connectivity index (χ2n) is 23.2. The van der Waals surface area contributed by atoms with Crippen LogP contribution in [0, 0.1) is 20.8 Å². The predicted molar refractivity (Wildman–Crippen MR) is 319 cm³/mol. The number of nitrogens with one attached hydrogen (secondary N) is 3. The molecule has 0 aliphatic heterocycles. The molecule has 1 heterocycles. The predicted octanol–water partition coefficient (Wildman–Crippen LogP) is 15.3. The molecule has 1 aromatic heterocycles. The van der Waals surface area contributed by atoms with Crippen LogP contribution in [0.25, 0.3) is 27.8 Å². The van der Waals surface area contributed by atoms with Crippen LogP contribution in [0.2, 0.25) is 0 Å². The van der Waals surface area contributed by atoms with Crippen molar-refractivity contribution in [3.63, 3.8) is 0 Å². The van der Waals surface area contributed by atoms with Gasteiger partial charge >= 0.3 is 18.3 Å². The summed E-state index contributed by atoms with van der Waals surface area (Å²) in [6, 6.07) is 31.8. The molecule has 416 valence electrons. The van der Waals surface area contributed by atoms with E-state index in [1.807, 2.05) is 199 Å². The van der Waals surface area contributed by atoms with E-state index < -0.39 is 35.1 Å². The summed E-state index contributed by atoms with van der Waals surface area (Å²) < 4.78 is 19.7. The van der Waals surface area contributed by atoms with Crippen LogP contribution in [-0.4, -0.2) is 65.3 Å². The summed E-state index contributed by atoms with van der Waals surface area (Å²) in [4.78, 5) is 66.3. The van der Waals surface area contributed by atoms with E-state index in [-0.39, 0.29) is 0 Å². The number of aryl methyl sites for hydroxylation is 3. The average Bonchev–Trinajstić information content (AvgIpc) is 3.55. The molecule has 15 heteroatoms. The zero-order chi connectivity index (χ0) is 57.2. The van der Waals surface area contributed by atoms with Gasteiger partial charge in [-0.25, -0.2) is 19.4 Å². The van der Waals surface area contributed by atoms with Crippen LogP contribution in [0.1, 0.15) is 131 Å². The monoisotopic (exact) mass is 1070 g/mol. The summed E-state index contributed by atoms with van der Waals surface area (Å²) in [7, 11) is 0. The van der Waals surface area contributed by atoms with Crippen LogP contribution in [0.15, 0.2) is 125 Å². The molecule has 4 amide bonds. The molecule has 0 unspecified atom stereocenters. The molecule has 0 spiro atoms. The van der Waals surface area contributed by atoms with Crippen molar-refractivity contribution < 1.29 is 38.0 Å². The van der Waals surface area contributed by atoms with Gasteiger partial charge in [0.2, 0.25) is 23.1 Å². The topological polar surface area (TPSA) is 168 Å². The Kier molecular flexibility index (Phi) is 18.7. The van der Waals surface area contributed by atoms with Crippen molar-refractivity contribution in [2.24, 2.45) is 4.99 Å². The molecule has 0 saturated carbocycles. The lowest BCUT2D eigenvalue weighted by Crippen LogP contribution is -2.38. The average molecular weight is 1070 g/mol. The van der Waals surface area contributed by atoms with Crippen molar-refractivity contribution in [1.29, 1.82) is 0 Å². The second-order valence-corrected chi connectivity index (χ2v) is 23.2. The number of aliphatic imine (C=N–C) groups is 1. The van der Waals surface area contributed by atoms with E-state index in [0.29, 0.717) is 43.0 Å². The molecule has 1 aliphatic rings. The highest BCUT2D eigenvalue weighted by Gasteiger charge is 2.30. The van der Waals surface area contributed by atoms with Gasteiger partial charge in [-0.15, -0.1) is 4.57 Å². The summed E-state index contributed by atoms with van der Waals surface area (Å²) >= 11 is 0. The number of amides is 4. The highest BCUT2D eigenvalue weighted by molar-refractivity contribution is 6.02. The van der Waals surface area contributed by atoms with Gasteiger partial charge < -0.3 is 24.8 Å². The summed E-state index contributed by atoms with van der Waals surface area (Å²) in [5, 5.41) is 9.27. The van der Waals surface area contributed by atoms with Gasteiger partial charge in [-0.1, -0.05) is 68.2 Å². The summed E-state index contributed by atoms with van der Waals surface area (Å²) in [6.07, 6.45) is 8.75. The summed E-state index contributed by atoms with van der Waals surface area (Å²) in [5.41, 5.74) is 11.4. The lowest BCUT2D eigenvalue weighted by Gasteiger charge is -2.29. The number of rotatable bonds is 18. The number of fused-ring (bicyclic) bond motifs is 2. The highest BCUT2D eigenvalue weighted by Crippen LogP contribution is 2.38. The van der Waals surface area contributed by atoms with E-state index >= 15 is 0 Å². The van der Waals surface area contributed by atoms with Crippen LogP contribution in [0.4, 0.5) is 48.5 Å². The number of carbonyl (C=O) groups is 4. The zero-order valence-electron chi connectivity index (χ0n) is 48.4. The number of hydrogen-bond donors (Lipinski definition) is 3. The van der Waals surface area contributed by atoms with Gasteiger partial charge in [0.05, 0.1) is 28.4 Å². The van der Waals surface area contributed by atoms with E-state index in [4.69, 9.17) is 24.2 Å². The molecule has 15 nitrogen and oxygen atoms in total. The second kappa shape index (κ2) is 25.2. The normalized spacial score (nSPS) is 13.4. The number of aromatic nitrogens is 2. The van der Waals surface area contributed by atoms with Crippen LogP contribution in [0.3, 0.4) is 0 Å². The summed E-state index contributed by atoms with van der Waals surface area (Å²) in [6.45, 7) is 25.4. The summed E-state index contributed by atoms with van der Waals surface area (Å²) in [5.74, 6) is 0. The molecule has 0 fully saturated rings. The number of alkyl carbamates (subject to hydrolysis) is 1. The maximum absolute atomic E-state index is 14.2. The molecule has 79 heavy (non-hydrogen) atoms. The van der Waals surface area contributed by atoms with Crippen LogP contribution in [-0.2, 0) is 19.0 Å². The third-order valence-corrected chi connectivity index (χ3v) is 13.0. The molecule has 6 aromatic rings. The lowest BCUT2D eigenvalue weighted by molar-refractivity contribution is -0.538. The van der Waals surface area contributed by atoms with E-state index in [1.165, 1.54) is 0 Å². The number of allylic oxidation sites excluding steroid dienone is 3. The van der Waals surface area contributed by atoms with Crippen LogP contribution < -0.4 is 30.3 Å². The van der Waals surface area contributed by atoms with Crippen molar-refractivity contribution in [1.82, 2.24) is 10.3 Å². The van der Waals surface area contributed by atoms with Gasteiger partial charge in [-0.05, 0) is 168 Å². The first-order chi connectivity index (χ1) is 37.4. The Morgan fingerprint density at radius 3 is 1.71 bits per heavy atom. The molecular weight excluding hydrogens is 993 g/mol. The molecule has 0 bridgehead atoms. The Morgan fingerprint density at radius 2 is 1.15 bits per heavy atom. The SMILES string of the molecule is CC1=CC(=Nc2cc(C)c(N(CCCCCCCCN(C(=O)OC(C)(C)C)c3cc4c(cc3C)nc3cc(C)c(NC=O)cc3[n+]4-c3ccccc3)C(=O)OC(C)(C)C)cc2Nc2ccccc2)CC=C1NC(=O)OC(C)(C)C. The number of carbonyl (C=O) groups excluding carboxylic acids is 4. The fraction of sp³-hybridized carbons (Fsp3) is 0.391. The molecular formula is C64H79N8O7+. The minimum atomic E-state index is -0.721. The Hall–Kier alpha value is -8.07. The van der Waals surface area contributed by atoms with E-state index in [1.54, 1.807) is 9.80 Å². The van der Waals surface area contributed by atoms with Gasteiger partial charge in [0, 0.05) is 60.9 Å². The van der Waals surface area contributed by atoms with Crippen LogP contribution in [0.5, 0.6) is 0 Å². The number of unbranched alkanes of at least 4 members (excludes halogenated alkanes) is 5. The number of benzene rings is 5. The van der Waals surface area contributed by atoms with Crippen molar-refractivity contribution in [2.45, 2.75) is 152 Å². The number of hydrogen-bond acceptors (Lipinski definition) is 10. The van der Waals surface area contributed by atoms with Gasteiger partial charge in [0.25, 0.3) is 0 Å². The number of nitrogens with zero attached hydrogens (tertiary/aromatic N) is 5. The van der Waals surface area contributed by atoms with Crippen molar-refractivity contribution in [2.75, 3.05) is 33.5 Å². The first kappa shape index (κ1) is 58.6. The Balaban J connectivity index is 1.08. The Morgan fingerprint density at radius 1 is 0.633 bits per heavy atom. The van der Waals surface area contributed by atoms with Crippen LogP contribution >= 0.6 is 0 Å². The van der Waals surface area contributed by atoms with Crippen molar-refractivity contribution in [3.05, 3.63) is 137 Å². The number of para-hydroxylation sites is 2. The fourth-order valence-corrected chi connectivity index (χ4v) is 9.41. The minimum Gasteiger partial charge on any atom is -0.444 e. The first-order valence-electron chi connectivity index (χ1n) is 27.4. The standard InChI is InChI=1S/C64H78N8O7/c1-42-34-47(30-31-49(42)69-59(74)77-62(5,6)7)67-51-36-44(3)55(39-52(51)66-46-26-20-18-21-27-46)70(60(75)78-63(8,9)10)32-24-16-14-15-17-25-33-71(61(76)79-64(11,12)13)56-40-58-54(37-45(56)4)68-53-35-43(2)50(65-41-73)38-57(53)72(58)48-28-22-19-23-29-48/h18-23,26-29,31,34-41,66H,14-17,24-25,30,32-33H2,1-13H3,(H,69,74)/p+1. The Bertz CT molecular complexity index is 3290. The van der Waals surface area contributed by atoms with Gasteiger partial charge in [-0.3, -0.25) is 24.9 Å². The van der Waals surface area contributed by atoms with Gasteiger partial charge in [0.15, 0.2) is 0 Å². The molecule has 7 rings (SSSR count). The van der Waals surface area contributed by atoms with E-state index in [0.717, 1.165) is 117 Å². The maximum Gasteiger partial charge on any atom is 0.414 e. The highest BCUT2D eigenvalue weighted by atomic mass is 16.6. The maximum atomic E-state index is 14.2. The quantitative estimate of drug-likeness (QED) is 0.0249. The van der Waals surface area contributed by atoms with Crippen molar-refractivity contribution >= 4 is 86.6 Å². The number of anilines is 5. The zero-order valence-corrected chi connectivity index (χ0v) is 48.4. The van der Waals surface area contributed by atoms with Gasteiger partial charge in [0.1, 0.15) is 27.8 Å². The van der Waals surface area contributed by atoms with Crippen molar-refractivity contribution in [3.8, 4) is 5.69 Å². The smallest absolute Gasteiger partial charge is 0.414 e. The molecule has 0 saturated heterocycles. The fourth-order valence-electron chi connectivity index (χ4n) is 9.41. The Labute approximate surface area is 466 Å². The third-order valence-electron chi connectivity index (χ3n) is 13.0. The largest absolute Gasteiger partial charge is 0.444 e. The minimum absolute atomic E-state index is 0.426. The third kappa shape index (κ3) is 16.0. The first-order valence-corrected chi connectivity index (χ1v) is 27.4. The molecule has 1 aliphatic carbocycles.